The second-order valence-corrected chi connectivity index (χ2v) is 6.56. The van der Waals surface area contributed by atoms with Crippen LogP contribution in [0.1, 0.15) is 74.2 Å². The highest BCUT2D eigenvalue weighted by atomic mass is 16.1. The van der Waals surface area contributed by atoms with Gasteiger partial charge in [0.1, 0.15) is 0 Å². The number of ketones is 1. The lowest BCUT2D eigenvalue weighted by molar-refractivity contribution is 0.0951. The molecule has 1 unspecified atom stereocenters. The predicted octanol–water partition coefficient (Wildman–Crippen LogP) is 4.29. The molecule has 0 heterocycles. The minimum atomic E-state index is -0.365. The van der Waals surface area contributed by atoms with E-state index in [1.54, 1.807) is 0 Å². The first-order valence-corrected chi connectivity index (χ1v) is 7.97. The van der Waals surface area contributed by atoms with Gasteiger partial charge in [0.15, 0.2) is 5.78 Å². The highest BCUT2D eigenvalue weighted by Gasteiger charge is 2.19. The van der Waals surface area contributed by atoms with E-state index < -0.39 is 0 Å². The number of hydrogen-bond acceptors (Lipinski definition) is 2. The molecule has 0 aromatic heterocycles. The van der Waals surface area contributed by atoms with Crippen LogP contribution in [-0.2, 0) is 0 Å². The van der Waals surface area contributed by atoms with E-state index in [9.17, 15) is 4.79 Å². The highest BCUT2D eigenvalue weighted by Crippen LogP contribution is 2.32. The van der Waals surface area contributed by atoms with Crippen LogP contribution in [0.25, 0.3) is 0 Å². The maximum absolute atomic E-state index is 12.2. The van der Waals surface area contributed by atoms with Gasteiger partial charge in [0.25, 0.3) is 0 Å². The average Bonchev–Trinajstić information content (AvgIpc) is 2.47. The van der Waals surface area contributed by atoms with E-state index in [4.69, 9.17) is 5.73 Å². The summed E-state index contributed by atoms with van der Waals surface area (Å²) >= 11 is 0. The second kappa shape index (κ2) is 7.03. The molecule has 2 rings (SSSR count). The first-order chi connectivity index (χ1) is 9.58. The zero-order valence-corrected chi connectivity index (χ0v) is 12.8. The first kappa shape index (κ1) is 15.2. The lowest BCUT2D eigenvalue weighted by atomic mass is 9.83. The van der Waals surface area contributed by atoms with E-state index in [1.165, 1.54) is 37.7 Å². The molecule has 2 heteroatoms. The average molecular weight is 273 g/mol. The molecule has 2 nitrogen and oxygen atoms in total. The third kappa shape index (κ3) is 3.92. The van der Waals surface area contributed by atoms with Gasteiger partial charge in [-0.2, -0.15) is 0 Å². The standard InChI is InChI=1S/C18H27NO/c1-13(2)12-17(19)18(20)16-10-8-15(9-11-16)14-6-4-3-5-7-14/h8-11,13-14,17H,3-7,12,19H2,1-2H3. The number of carbonyl (C=O) groups is 1. The maximum Gasteiger partial charge on any atom is 0.179 e. The number of benzene rings is 1. The summed E-state index contributed by atoms with van der Waals surface area (Å²) in [5.74, 6) is 1.22. The monoisotopic (exact) mass is 273 g/mol. The van der Waals surface area contributed by atoms with Gasteiger partial charge >= 0.3 is 0 Å². The fourth-order valence-electron chi connectivity index (χ4n) is 3.18. The Balaban J connectivity index is 2.01. The van der Waals surface area contributed by atoms with Crippen LogP contribution >= 0.6 is 0 Å². The SMILES string of the molecule is CC(C)CC(N)C(=O)c1ccc(C2CCCCC2)cc1. The number of rotatable bonds is 5. The Morgan fingerprint density at radius 2 is 1.75 bits per heavy atom. The van der Waals surface area contributed by atoms with Crippen LogP contribution in [0.5, 0.6) is 0 Å². The minimum Gasteiger partial charge on any atom is -0.321 e. The molecular weight excluding hydrogens is 246 g/mol. The highest BCUT2D eigenvalue weighted by molar-refractivity contribution is 5.99. The van der Waals surface area contributed by atoms with Gasteiger partial charge in [0, 0.05) is 5.56 Å². The molecule has 1 aromatic rings. The smallest absolute Gasteiger partial charge is 0.179 e. The van der Waals surface area contributed by atoms with Crippen molar-refractivity contribution in [3.05, 3.63) is 35.4 Å². The molecule has 110 valence electrons. The van der Waals surface area contributed by atoms with Crippen LogP contribution in [0.15, 0.2) is 24.3 Å². The molecule has 0 radical (unpaired) electrons. The normalized spacial score (nSPS) is 18.2. The number of nitrogens with two attached hydrogens (primary N) is 1. The van der Waals surface area contributed by atoms with E-state index in [2.05, 4.69) is 26.0 Å². The van der Waals surface area contributed by atoms with Crippen molar-refractivity contribution in [1.82, 2.24) is 0 Å². The maximum atomic E-state index is 12.2. The fourth-order valence-corrected chi connectivity index (χ4v) is 3.18. The fraction of sp³-hybridized carbons (Fsp3) is 0.611. The van der Waals surface area contributed by atoms with Gasteiger partial charge in [0.2, 0.25) is 0 Å². The Bertz CT molecular complexity index is 429. The van der Waals surface area contributed by atoms with Crippen LogP contribution in [0.4, 0.5) is 0 Å². The summed E-state index contributed by atoms with van der Waals surface area (Å²) in [4.78, 5) is 12.2. The molecule has 1 aliphatic carbocycles. The largest absolute Gasteiger partial charge is 0.321 e. The van der Waals surface area contributed by atoms with Crippen molar-refractivity contribution in [3.8, 4) is 0 Å². The Hall–Kier alpha value is -1.15. The molecule has 0 saturated heterocycles. The van der Waals surface area contributed by atoms with Crippen molar-refractivity contribution in [2.24, 2.45) is 11.7 Å². The minimum absolute atomic E-state index is 0.0777. The van der Waals surface area contributed by atoms with Gasteiger partial charge in [-0.1, -0.05) is 57.4 Å². The van der Waals surface area contributed by atoms with E-state index in [0.717, 1.165) is 12.0 Å². The number of hydrogen-bond donors (Lipinski definition) is 1. The molecule has 20 heavy (non-hydrogen) atoms. The molecule has 1 aliphatic rings. The van der Waals surface area contributed by atoms with Crippen molar-refractivity contribution in [2.75, 3.05) is 0 Å². The van der Waals surface area contributed by atoms with Crippen LogP contribution < -0.4 is 5.73 Å². The molecule has 0 aliphatic heterocycles. The summed E-state index contributed by atoms with van der Waals surface area (Å²) in [6, 6.07) is 7.82. The molecule has 1 fully saturated rings. The van der Waals surface area contributed by atoms with Crippen LogP contribution in [0.2, 0.25) is 0 Å². The topological polar surface area (TPSA) is 43.1 Å². The molecule has 0 spiro atoms. The van der Waals surface area contributed by atoms with E-state index >= 15 is 0 Å². The summed E-state index contributed by atoms with van der Waals surface area (Å²) in [5, 5.41) is 0. The number of Topliss-reactive ketones (excluding diaryl/α,β-unsaturated/α-hetero) is 1. The Morgan fingerprint density at radius 3 is 2.30 bits per heavy atom. The van der Waals surface area contributed by atoms with Gasteiger partial charge in [-0.15, -0.1) is 0 Å². The molecule has 0 amide bonds. The Labute approximate surface area is 122 Å². The zero-order chi connectivity index (χ0) is 14.5. The van der Waals surface area contributed by atoms with Crippen molar-refractivity contribution in [3.63, 3.8) is 0 Å². The van der Waals surface area contributed by atoms with Crippen LogP contribution in [0, 0.1) is 5.92 Å². The van der Waals surface area contributed by atoms with Crippen LogP contribution in [-0.4, -0.2) is 11.8 Å². The van der Waals surface area contributed by atoms with E-state index in [-0.39, 0.29) is 11.8 Å². The molecule has 2 N–H and O–H groups in total. The zero-order valence-electron chi connectivity index (χ0n) is 12.8. The van der Waals surface area contributed by atoms with Gasteiger partial charge in [-0.05, 0) is 36.7 Å². The first-order valence-electron chi connectivity index (χ1n) is 7.97. The molecule has 1 aromatic carbocycles. The van der Waals surface area contributed by atoms with Crippen molar-refractivity contribution >= 4 is 5.78 Å². The van der Waals surface area contributed by atoms with Gasteiger partial charge < -0.3 is 5.73 Å². The Kier molecular flexibility index (Phi) is 5.36. The molecule has 1 atom stereocenters. The molecular formula is C18H27NO. The predicted molar refractivity (Wildman–Crippen MR) is 84.0 cm³/mol. The molecule has 1 saturated carbocycles. The summed E-state index contributed by atoms with van der Waals surface area (Å²) in [7, 11) is 0. The van der Waals surface area contributed by atoms with Gasteiger partial charge in [0.05, 0.1) is 6.04 Å². The van der Waals surface area contributed by atoms with Crippen molar-refractivity contribution in [2.45, 2.75) is 64.3 Å². The molecule has 0 bridgehead atoms. The third-order valence-electron chi connectivity index (χ3n) is 4.33. The van der Waals surface area contributed by atoms with E-state index in [0.29, 0.717) is 11.8 Å². The van der Waals surface area contributed by atoms with Gasteiger partial charge in [-0.3, -0.25) is 4.79 Å². The number of carbonyl (C=O) groups excluding carboxylic acids is 1. The summed E-state index contributed by atoms with van der Waals surface area (Å²) in [5.41, 5.74) is 8.13. The van der Waals surface area contributed by atoms with Crippen LogP contribution in [0.3, 0.4) is 0 Å². The summed E-state index contributed by atoms with van der Waals surface area (Å²) in [6.45, 7) is 4.19. The Morgan fingerprint density at radius 1 is 1.15 bits per heavy atom. The van der Waals surface area contributed by atoms with E-state index in [1.807, 2.05) is 12.1 Å². The summed E-state index contributed by atoms with van der Waals surface area (Å²) in [6.07, 6.45) is 7.38. The second-order valence-electron chi connectivity index (χ2n) is 6.56. The lowest BCUT2D eigenvalue weighted by Crippen LogP contribution is -2.31. The summed E-state index contributed by atoms with van der Waals surface area (Å²) < 4.78 is 0. The lowest BCUT2D eigenvalue weighted by Gasteiger charge is -2.22. The quantitative estimate of drug-likeness (QED) is 0.813. The van der Waals surface area contributed by atoms with Gasteiger partial charge in [-0.25, -0.2) is 0 Å². The third-order valence-corrected chi connectivity index (χ3v) is 4.33. The van der Waals surface area contributed by atoms with Crippen molar-refractivity contribution in [1.29, 1.82) is 0 Å². The van der Waals surface area contributed by atoms with Crippen molar-refractivity contribution < 1.29 is 4.79 Å².